The van der Waals surface area contributed by atoms with Gasteiger partial charge in [-0.3, -0.25) is 14.9 Å². The van der Waals surface area contributed by atoms with Crippen LogP contribution < -0.4 is 10.6 Å². The fraction of sp³-hybridized carbons (Fsp3) is 0.417. The number of hydrogen-bond acceptors (Lipinski definition) is 6. The van der Waals surface area contributed by atoms with Crippen LogP contribution in [0.25, 0.3) is 0 Å². The first-order chi connectivity index (χ1) is 9.65. The molecule has 0 bridgehead atoms. The Kier molecular flexibility index (Phi) is 3.86. The molecule has 21 heavy (non-hydrogen) atoms. The monoisotopic (exact) mass is 313 g/mol. The van der Waals surface area contributed by atoms with Crippen molar-refractivity contribution < 1.29 is 18.1 Å². The van der Waals surface area contributed by atoms with Crippen LogP contribution in [0.4, 0.5) is 17.1 Å². The number of anilines is 2. The van der Waals surface area contributed by atoms with Crippen molar-refractivity contribution in [2.24, 2.45) is 0 Å². The van der Waals surface area contributed by atoms with E-state index in [0.29, 0.717) is 11.3 Å². The summed E-state index contributed by atoms with van der Waals surface area (Å²) in [6.45, 7) is 1.62. The molecular formula is C12H15N3O5S. The summed E-state index contributed by atoms with van der Waals surface area (Å²) in [6, 6.07) is 2.31. The molecule has 0 fully saturated rings. The Morgan fingerprint density at radius 1 is 1.48 bits per heavy atom. The molecule has 0 spiro atoms. The van der Waals surface area contributed by atoms with Gasteiger partial charge in [0.1, 0.15) is 15.5 Å². The minimum Gasteiger partial charge on any atom is -0.376 e. The molecular weight excluding hydrogens is 298 g/mol. The predicted molar refractivity (Wildman–Crippen MR) is 78.2 cm³/mol. The highest BCUT2D eigenvalue weighted by Gasteiger charge is 2.25. The number of nitrogens with one attached hydrogen (secondary N) is 2. The van der Waals surface area contributed by atoms with E-state index in [-0.39, 0.29) is 29.5 Å². The largest absolute Gasteiger partial charge is 0.376 e. The number of fused-ring (bicyclic) bond motifs is 1. The van der Waals surface area contributed by atoms with E-state index in [1.807, 2.05) is 0 Å². The van der Waals surface area contributed by atoms with E-state index < -0.39 is 20.8 Å². The lowest BCUT2D eigenvalue weighted by Crippen LogP contribution is -2.25. The van der Waals surface area contributed by atoms with Gasteiger partial charge in [-0.25, -0.2) is 8.42 Å². The molecule has 1 aliphatic rings. The van der Waals surface area contributed by atoms with Gasteiger partial charge in [-0.15, -0.1) is 0 Å². The Morgan fingerprint density at radius 2 is 2.14 bits per heavy atom. The summed E-state index contributed by atoms with van der Waals surface area (Å²) in [7, 11) is -3.20. The second-order valence-corrected chi connectivity index (χ2v) is 7.33. The van der Waals surface area contributed by atoms with E-state index in [0.717, 1.165) is 6.26 Å². The van der Waals surface area contributed by atoms with E-state index in [1.165, 1.54) is 12.1 Å². The number of nitrogens with zero attached hydrogens (tertiary/aromatic N) is 1. The fourth-order valence-electron chi connectivity index (χ4n) is 2.29. The fourth-order valence-corrected chi connectivity index (χ4v) is 3.28. The quantitative estimate of drug-likeness (QED) is 0.616. The standard InChI is InChI=1S/C12H15N3O5S/c1-7(6-21(2,19)20)13-10-5-9-8(4-12(16)14-9)3-11(10)15(17)18/h3,5,7,13H,4,6H2,1-2H3,(H,14,16). The summed E-state index contributed by atoms with van der Waals surface area (Å²) in [5.74, 6) is -0.367. The highest BCUT2D eigenvalue weighted by molar-refractivity contribution is 7.90. The number of carbonyl (C=O) groups excluding carboxylic acids is 1. The Morgan fingerprint density at radius 3 is 2.71 bits per heavy atom. The molecule has 1 aromatic rings. The summed E-state index contributed by atoms with van der Waals surface area (Å²) in [5.41, 5.74) is 1.09. The van der Waals surface area contributed by atoms with Gasteiger partial charge in [0.25, 0.3) is 5.69 Å². The third kappa shape index (κ3) is 3.69. The zero-order valence-electron chi connectivity index (χ0n) is 11.5. The van der Waals surface area contributed by atoms with Gasteiger partial charge in [0, 0.05) is 24.1 Å². The van der Waals surface area contributed by atoms with E-state index in [2.05, 4.69) is 10.6 Å². The van der Waals surface area contributed by atoms with Crippen molar-refractivity contribution in [2.45, 2.75) is 19.4 Å². The van der Waals surface area contributed by atoms with Crippen LogP contribution in [0.5, 0.6) is 0 Å². The number of carbonyl (C=O) groups is 1. The zero-order chi connectivity index (χ0) is 15.8. The Hall–Kier alpha value is -2.16. The maximum atomic E-state index is 11.3. The summed E-state index contributed by atoms with van der Waals surface area (Å²) in [6.07, 6.45) is 1.21. The minimum absolute atomic E-state index is 0.106. The molecule has 1 unspecified atom stereocenters. The second kappa shape index (κ2) is 5.32. The van der Waals surface area contributed by atoms with E-state index in [9.17, 15) is 23.3 Å². The molecule has 114 valence electrons. The normalized spacial score (nSPS) is 15.2. The molecule has 8 nitrogen and oxygen atoms in total. The molecule has 1 heterocycles. The molecule has 0 aromatic heterocycles. The molecule has 1 aliphatic heterocycles. The third-order valence-corrected chi connectivity index (χ3v) is 4.10. The van der Waals surface area contributed by atoms with Crippen LogP contribution in [0.3, 0.4) is 0 Å². The number of hydrogen-bond donors (Lipinski definition) is 2. The van der Waals surface area contributed by atoms with Crippen molar-refractivity contribution in [1.82, 2.24) is 0 Å². The second-order valence-electron chi connectivity index (χ2n) is 5.15. The third-order valence-electron chi connectivity index (χ3n) is 3.00. The van der Waals surface area contributed by atoms with E-state index >= 15 is 0 Å². The molecule has 1 aromatic carbocycles. The summed E-state index contributed by atoms with van der Waals surface area (Å²) < 4.78 is 22.5. The average molecular weight is 313 g/mol. The SMILES string of the molecule is CC(CS(C)(=O)=O)Nc1cc2c(cc1[N+](=O)[O-])CC(=O)N2. The van der Waals surface area contributed by atoms with Crippen molar-refractivity contribution in [3.63, 3.8) is 0 Å². The van der Waals surface area contributed by atoms with Crippen LogP contribution in [0, 0.1) is 10.1 Å². The van der Waals surface area contributed by atoms with Crippen LogP contribution in [0.15, 0.2) is 12.1 Å². The van der Waals surface area contributed by atoms with Crippen molar-refractivity contribution >= 4 is 32.8 Å². The Balaban J connectivity index is 2.32. The molecule has 1 atom stereocenters. The Labute approximate surface area is 121 Å². The Bertz CT molecular complexity index is 714. The van der Waals surface area contributed by atoms with Gasteiger partial charge in [0.2, 0.25) is 5.91 Å². The first-order valence-electron chi connectivity index (χ1n) is 6.21. The summed E-state index contributed by atoms with van der Waals surface area (Å²) in [4.78, 5) is 21.9. The molecule has 0 saturated carbocycles. The van der Waals surface area contributed by atoms with Gasteiger partial charge in [0.15, 0.2) is 0 Å². The van der Waals surface area contributed by atoms with Gasteiger partial charge < -0.3 is 10.6 Å². The van der Waals surface area contributed by atoms with Crippen LogP contribution >= 0.6 is 0 Å². The van der Waals surface area contributed by atoms with Gasteiger partial charge in [-0.2, -0.15) is 0 Å². The number of rotatable bonds is 5. The minimum atomic E-state index is -3.20. The summed E-state index contributed by atoms with van der Waals surface area (Å²) in [5, 5.41) is 16.5. The lowest BCUT2D eigenvalue weighted by Gasteiger charge is -2.15. The maximum Gasteiger partial charge on any atom is 0.292 e. The van der Waals surface area contributed by atoms with Gasteiger partial charge >= 0.3 is 0 Å². The molecule has 2 N–H and O–H groups in total. The number of nitro benzene ring substituents is 1. The van der Waals surface area contributed by atoms with Crippen LogP contribution in [-0.2, 0) is 21.1 Å². The lowest BCUT2D eigenvalue weighted by atomic mass is 10.1. The van der Waals surface area contributed by atoms with Crippen molar-refractivity contribution in [2.75, 3.05) is 22.6 Å². The van der Waals surface area contributed by atoms with Gasteiger partial charge in [0.05, 0.1) is 17.1 Å². The first kappa shape index (κ1) is 15.2. The van der Waals surface area contributed by atoms with Crippen molar-refractivity contribution in [3.05, 3.63) is 27.8 Å². The van der Waals surface area contributed by atoms with E-state index in [4.69, 9.17) is 0 Å². The number of sulfone groups is 1. The highest BCUT2D eigenvalue weighted by atomic mass is 32.2. The maximum absolute atomic E-state index is 11.3. The van der Waals surface area contributed by atoms with Crippen LogP contribution in [0.2, 0.25) is 0 Å². The molecule has 9 heteroatoms. The average Bonchev–Trinajstić information content (AvgIpc) is 2.64. The highest BCUT2D eigenvalue weighted by Crippen LogP contribution is 2.34. The van der Waals surface area contributed by atoms with Crippen LogP contribution in [0.1, 0.15) is 12.5 Å². The van der Waals surface area contributed by atoms with Gasteiger partial charge in [-0.1, -0.05) is 0 Å². The van der Waals surface area contributed by atoms with Crippen molar-refractivity contribution in [1.29, 1.82) is 0 Å². The predicted octanol–water partition coefficient (Wildman–Crippen LogP) is 0.934. The van der Waals surface area contributed by atoms with E-state index in [1.54, 1.807) is 6.92 Å². The smallest absolute Gasteiger partial charge is 0.292 e. The molecule has 2 rings (SSSR count). The lowest BCUT2D eigenvalue weighted by molar-refractivity contribution is -0.384. The summed E-state index contributed by atoms with van der Waals surface area (Å²) >= 11 is 0. The number of nitro groups is 1. The topological polar surface area (TPSA) is 118 Å². The van der Waals surface area contributed by atoms with Crippen LogP contribution in [-0.4, -0.2) is 37.3 Å². The molecule has 0 radical (unpaired) electrons. The molecule has 1 amide bonds. The molecule has 0 aliphatic carbocycles. The number of amides is 1. The van der Waals surface area contributed by atoms with Gasteiger partial charge in [-0.05, 0) is 18.6 Å². The zero-order valence-corrected chi connectivity index (χ0v) is 12.4. The first-order valence-corrected chi connectivity index (χ1v) is 8.27. The molecule has 0 saturated heterocycles. The van der Waals surface area contributed by atoms with Crippen molar-refractivity contribution in [3.8, 4) is 0 Å². The number of benzene rings is 1.